The number of rotatable bonds is 9. The van der Waals surface area contributed by atoms with Gasteiger partial charge in [-0.1, -0.05) is 32.9 Å². The fourth-order valence-electron chi connectivity index (χ4n) is 2.06. The van der Waals surface area contributed by atoms with E-state index in [4.69, 9.17) is 5.11 Å². The van der Waals surface area contributed by atoms with Crippen molar-refractivity contribution in [3.8, 4) is 0 Å². The van der Waals surface area contributed by atoms with E-state index in [2.05, 4.69) is 10.6 Å². The summed E-state index contributed by atoms with van der Waals surface area (Å²) in [5.41, 5.74) is 1.51. The van der Waals surface area contributed by atoms with Crippen LogP contribution in [0.4, 0.5) is 5.69 Å². The molecular formula is C18H26N2O4. The lowest BCUT2D eigenvalue weighted by Gasteiger charge is -2.09. The number of aliphatic carboxylic acids is 1. The lowest BCUT2D eigenvalue weighted by atomic mass is 10.0. The maximum Gasteiger partial charge on any atom is 0.306 e. The first kappa shape index (κ1) is 19.7. The van der Waals surface area contributed by atoms with E-state index in [0.717, 1.165) is 12.0 Å². The van der Waals surface area contributed by atoms with Crippen LogP contribution in [0.15, 0.2) is 24.3 Å². The van der Waals surface area contributed by atoms with Crippen LogP contribution in [0.2, 0.25) is 0 Å². The summed E-state index contributed by atoms with van der Waals surface area (Å²) < 4.78 is 0. The van der Waals surface area contributed by atoms with E-state index in [1.54, 1.807) is 31.2 Å². The summed E-state index contributed by atoms with van der Waals surface area (Å²) in [5.74, 6) is -1.25. The van der Waals surface area contributed by atoms with Crippen LogP contribution in [0.3, 0.4) is 0 Å². The second kappa shape index (κ2) is 9.70. The molecule has 0 aliphatic carbocycles. The zero-order valence-electron chi connectivity index (χ0n) is 14.5. The highest BCUT2D eigenvalue weighted by Gasteiger charge is 2.11. The number of carbonyl (C=O) groups is 3. The van der Waals surface area contributed by atoms with Gasteiger partial charge in [0, 0.05) is 12.1 Å². The van der Waals surface area contributed by atoms with Crippen molar-refractivity contribution in [1.29, 1.82) is 0 Å². The van der Waals surface area contributed by atoms with Crippen LogP contribution < -0.4 is 10.6 Å². The zero-order chi connectivity index (χ0) is 18.1. The molecule has 2 amide bonds. The fourth-order valence-corrected chi connectivity index (χ4v) is 2.06. The molecule has 1 rings (SSSR count). The SMILES string of the molecule is CC(C)CCC(=O)NCC(=O)Nc1ccc(CC(C)C(=O)O)cc1. The molecule has 132 valence electrons. The van der Waals surface area contributed by atoms with Gasteiger partial charge in [-0.2, -0.15) is 0 Å². The second-order valence-corrected chi connectivity index (χ2v) is 6.40. The van der Waals surface area contributed by atoms with Crippen molar-refractivity contribution in [2.24, 2.45) is 11.8 Å². The summed E-state index contributed by atoms with van der Waals surface area (Å²) in [4.78, 5) is 34.2. The average molecular weight is 334 g/mol. The maximum absolute atomic E-state index is 11.8. The van der Waals surface area contributed by atoms with Gasteiger partial charge in [-0.25, -0.2) is 0 Å². The first-order valence-electron chi connectivity index (χ1n) is 8.16. The third kappa shape index (κ3) is 7.76. The molecule has 0 aliphatic heterocycles. The molecule has 0 aliphatic rings. The number of carbonyl (C=O) groups excluding carboxylic acids is 2. The Labute approximate surface area is 142 Å². The van der Waals surface area contributed by atoms with E-state index in [1.165, 1.54) is 0 Å². The van der Waals surface area contributed by atoms with Gasteiger partial charge in [0.2, 0.25) is 11.8 Å². The van der Waals surface area contributed by atoms with Crippen LogP contribution in [-0.2, 0) is 20.8 Å². The van der Waals surface area contributed by atoms with Gasteiger partial charge in [0.25, 0.3) is 0 Å². The van der Waals surface area contributed by atoms with Crippen LogP contribution >= 0.6 is 0 Å². The van der Waals surface area contributed by atoms with E-state index in [1.807, 2.05) is 13.8 Å². The summed E-state index contributed by atoms with van der Waals surface area (Å²) in [6.45, 7) is 5.68. The molecule has 0 saturated heterocycles. The number of carboxylic acid groups (broad SMARTS) is 1. The molecule has 0 bridgehead atoms. The number of carboxylic acids is 1. The Morgan fingerprint density at radius 3 is 2.21 bits per heavy atom. The van der Waals surface area contributed by atoms with E-state index in [-0.39, 0.29) is 18.4 Å². The molecule has 24 heavy (non-hydrogen) atoms. The molecule has 6 nitrogen and oxygen atoms in total. The quantitative estimate of drug-likeness (QED) is 0.646. The number of nitrogens with one attached hydrogen (secondary N) is 2. The highest BCUT2D eigenvalue weighted by atomic mass is 16.4. The van der Waals surface area contributed by atoms with Gasteiger partial charge in [-0.05, 0) is 36.5 Å². The lowest BCUT2D eigenvalue weighted by molar-refractivity contribution is -0.141. The van der Waals surface area contributed by atoms with Gasteiger partial charge >= 0.3 is 5.97 Å². The minimum atomic E-state index is -0.833. The van der Waals surface area contributed by atoms with Crippen LogP contribution in [0, 0.1) is 11.8 Å². The Morgan fingerprint density at radius 2 is 1.67 bits per heavy atom. The fraction of sp³-hybridized carbons (Fsp3) is 0.500. The summed E-state index contributed by atoms with van der Waals surface area (Å²) >= 11 is 0. The van der Waals surface area contributed by atoms with Gasteiger partial charge in [0.05, 0.1) is 12.5 Å². The molecule has 0 heterocycles. The van der Waals surface area contributed by atoms with Crippen LogP contribution in [0.5, 0.6) is 0 Å². The average Bonchev–Trinajstić information content (AvgIpc) is 2.52. The third-order valence-electron chi connectivity index (χ3n) is 3.60. The topological polar surface area (TPSA) is 95.5 Å². The smallest absolute Gasteiger partial charge is 0.306 e. The molecule has 0 fully saturated rings. The van der Waals surface area contributed by atoms with E-state index in [0.29, 0.717) is 24.4 Å². The summed E-state index contributed by atoms with van der Waals surface area (Å²) in [7, 11) is 0. The Hall–Kier alpha value is -2.37. The molecule has 0 radical (unpaired) electrons. The molecule has 1 unspecified atom stereocenters. The van der Waals surface area contributed by atoms with Crippen molar-refractivity contribution >= 4 is 23.5 Å². The van der Waals surface area contributed by atoms with Crippen molar-refractivity contribution in [3.63, 3.8) is 0 Å². The molecular weight excluding hydrogens is 308 g/mol. The molecule has 0 spiro atoms. The minimum absolute atomic E-state index is 0.0608. The summed E-state index contributed by atoms with van der Waals surface area (Å²) in [6.07, 6.45) is 1.65. The highest BCUT2D eigenvalue weighted by molar-refractivity contribution is 5.94. The van der Waals surface area contributed by atoms with E-state index >= 15 is 0 Å². The lowest BCUT2D eigenvalue weighted by Crippen LogP contribution is -2.32. The van der Waals surface area contributed by atoms with Crippen molar-refractivity contribution in [3.05, 3.63) is 29.8 Å². The number of hydrogen-bond donors (Lipinski definition) is 3. The Bertz CT molecular complexity index is 567. The summed E-state index contributed by atoms with van der Waals surface area (Å²) in [5, 5.41) is 14.2. The number of anilines is 1. The molecule has 3 N–H and O–H groups in total. The first-order valence-corrected chi connectivity index (χ1v) is 8.16. The van der Waals surface area contributed by atoms with E-state index < -0.39 is 11.9 Å². The monoisotopic (exact) mass is 334 g/mol. The number of benzene rings is 1. The predicted octanol–water partition coefficient (Wildman–Crippen LogP) is 2.44. The van der Waals surface area contributed by atoms with Crippen molar-refractivity contribution < 1.29 is 19.5 Å². The molecule has 0 aromatic heterocycles. The van der Waals surface area contributed by atoms with Gasteiger partial charge in [0.15, 0.2) is 0 Å². The Balaban J connectivity index is 2.39. The number of hydrogen-bond acceptors (Lipinski definition) is 3. The molecule has 1 atom stereocenters. The normalized spacial score (nSPS) is 11.8. The number of amides is 2. The van der Waals surface area contributed by atoms with Gasteiger partial charge in [0.1, 0.15) is 0 Å². The first-order chi connectivity index (χ1) is 11.3. The molecule has 1 aromatic rings. The third-order valence-corrected chi connectivity index (χ3v) is 3.60. The predicted molar refractivity (Wildman–Crippen MR) is 92.7 cm³/mol. The standard InChI is InChI=1S/C18H26N2O4/c1-12(2)4-9-16(21)19-11-17(22)20-15-7-5-14(6-8-15)10-13(3)18(23)24/h5-8,12-13H,4,9-11H2,1-3H3,(H,19,21)(H,20,22)(H,23,24). The van der Waals surface area contributed by atoms with Gasteiger partial charge in [-0.3, -0.25) is 14.4 Å². The Kier molecular flexibility index (Phi) is 7.95. The minimum Gasteiger partial charge on any atom is -0.481 e. The van der Waals surface area contributed by atoms with Crippen LogP contribution in [0.25, 0.3) is 0 Å². The molecule has 0 saturated carbocycles. The van der Waals surface area contributed by atoms with Crippen molar-refractivity contribution in [2.45, 2.75) is 40.0 Å². The van der Waals surface area contributed by atoms with E-state index in [9.17, 15) is 14.4 Å². The van der Waals surface area contributed by atoms with Crippen LogP contribution in [-0.4, -0.2) is 29.4 Å². The Morgan fingerprint density at radius 1 is 1.04 bits per heavy atom. The second-order valence-electron chi connectivity index (χ2n) is 6.40. The van der Waals surface area contributed by atoms with Gasteiger partial charge < -0.3 is 15.7 Å². The highest BCUT2D eigenvalue weighted by Crippen LogP contribution is 2.13. The maximum atomic E-state index is 11.8. The zero-order valence-corrected chi connectivity index (χ0v) is 14.5. The summed E-state index contributed by atoms with van der Waals surface area (Å²) in [6, 6.07) is 7.03. The van der Waals surface area contributed by atoms with Crippen LogP contribution in [0.1, 0.15) is 39.2 Å². The van der Waals surface area contributed by atoms with Crippen molar-refractivity contribution in [1.82, 2.24) is 5.32 Å². The van der Waals surface area contributed by atoms with Crippen molar-refractivity contribution in [2.75, 3.05) is 11.9 Å². The molecule has 1 aromatic carbocycles. The largest absolute Gasteiger partial charge is 0.481 e. The van der Waals surface area contributed by atoms with Gasteiger partial charge in [-0.15, -0.1) is 0 Å². The molecule has 6 heteroatoms.